The van der Waals surface area contributed by atoms with Gasteiger partial charge in [0.15, 0.2) is 0 Å². The highest BCUT2D eigenvalue weighted by Crippen LogP contribution is 2.15. The number of ether oxygens (including phenoxy) is 1. The van der Waals surface area contributed by atoms with Crippen LogP contribution in [0.2, 0.25) is 0 Å². The van der Waals surface area contributed by atoms with E-state index in [4.69, 9.17) is 4.74 Å². The van der Waals surface area contributed by atoms with E-state index in [1.807, 2.05) is 6.92 Å². The molecular weight excluding hydrogens is 248 g/mol. The molecule has 0 aliphatic carbocycles. The van der Waals surface area contributed by atoms with Gasteiger partial charge in [-0.15, -0.1) is 0 Å². The van der Waals surface area contributed by atoms with Crippen LogP contribution in [-0.2, 0) is 4.74 Å². The first-order valence-electron chi connectivity index (χ1n) is 6.76. The summed E-state index contributed by atoms with van der Waals surface area (Å²) in [6.07, 6.45) is 1.05. The Morgan fingerprint density at radius 3 is 2.26 bits per heavy atom. The predicted molar refractivity (Wildman–Crippen MR) is 73.0 cm³/mol. The maximum absolute atomic E-state index is 13.1. The van der Waals surface area contributed by atoms with Gasteiger partial charge in [0.25, 0.3) is 0 Å². The Bertz CT molecular complexity index is 362. The third-order valence-electron chi connectivity index (χ3n) is 2.92. The van der Waals surface area contributed by atoms with Gasteiger partial charge >= 0.3 is 0 Å². The van der Waals surface area contributed by atoms with Gasteiger partial charge in [-0.1, -0.05) is 13.8 Å². The van der Waals surface area contributed by atoms with Gasteiger partial charge in [0.1, 0.15) is 11.6 Å². The Balaban J connectivity index is 2.25. The summed E-state index contributed by atoms with van der Waals surface area (Å²) in [6, 6.07) is 3.48. The van der Waals surface area contributed by atoms with Crippen molar-refractivity contribution in [1.82, 2.24) is 5.32 Å². The number of rotatable bonds is 8. The van der Waals surface area contributed by atoms with E-state index in [2.05, 4.69) is 19.2 Å². The number of halogens is 2. The molecule has 1 rings (SSSR count). The Labute approximate surface area is 114 Å². The number of hydrogen-bond donors (Lipinski definition) is 1. The molecule has 0 spiro atoms. The van der Waals surface area contributed by atoms with Gasteiger partial charge in [-0.2, -0.15) is 0 Å². The first-order chi connectivity index (χ1) is 8.99. The van der Waals surface area contributed by atoms with Crippen molar-refractivity contribution in [2.45, 2.75) is 33.2 Å². The van der Waals surface area contributed by atoms with E-state index >= 15 is 0 Å². The van der Waals surface area contributed by atoms with Crippen molar-refractivity contribution < 1.29 is 13.5 Å². The fourth-order valence-electron chi connectivity index (χ4n) is 1.71. The zero-order chi connectivity index (χ0) is 14.3. The second kappa shape index (κ2) is 8.23. The van der Waals surface area contributed by atoms with Crippen molar-refractivity contribution >= 4 is 0 Å². The Hall–Kier alpha value is -1.00. The largest absolute Gasteiger partial charge is 0.380 e. The number of hydrogen-bond acceptors (Lipinski definition) is 2. The number of benzene rings is 1. The summed E-state index contributed by atoms with van der Waals surface area (Å²) in [7, 11) is 0. The summed E-state index contributed by atoms with van der Waals surface area (Å²) in [5.74, 6) is -0.448. The van der Waals surface area contributed by atoms with Crippen molar-refractivity contribution in [3.05, 3.63) is 35.4 Å². The lowest BCUT2D eigenvalue weighted by atomic mass is 10.1. The molecule has 0 saturated heterocycles. The highest BCUT2D eigenvalue weighted by Gasteiger charge is 2.07. The summed E-state index contributed by atoms with van der Waals surface area (Å²) >= 11 is 0. The van der Waals surface area contributed by atoms with Crippen molar-refractivity contribution in [3.63, 3.8) is 0 Å². The van der Waals surface area contributed by atoms with E-state index in [0.717, 1.165) is 19.1 Å². The minimum Gasteiger partial charge on any atom is -0.380 e. The summed E-state index contributed by atoms with van der Waals surface area (Å²) in [4.78, 5) is 0. The van der Waals surface area contributed by atoms with Crippen LogP contribution >= 0.6 is 0 Å². The fraction of sp³-hybridized carbons (Fsp3) is 0.600. The van der Waals surface area contributed by atoms with Crippen LogP contribution in [0.1, 0.15) is 38.8 Å². The molecule has 1 N–H and O–H groups in total. The van der Waals surface area contributed by atoms with Crippen LogP contribution in [0.5, 0.6) is 0 Å². The molecule has 2 nitrogen and oxygen atoms in total. The van der Waals surface area contributed by atoms with E-state index in [1.165, 1.54) is 12.1 Å². The van der Waals surface area contributed by atoms with Crippen molar-refractivity contribution in [1.29, 1.82) is 0 Å². The van der Waals surface area contributed by atoms with Crippen molar-refractivity contribution in [3.8, 4) is 0 Å². The topological polar surface area (TPSA) is 21.3 Å². The van der Waals surface area contributed by atoms with Gasteiger partial charge in [-0.05, 0) is 37.0 Å². The quantitative estimate of drug-likeness (QED) is 0.728. The van der Waals surface area contributed by atoms with Crippen LogP contribution in [-0.4, -0.2) is 19.8 Å². The van der Waals surface area contributed by atoms with Crippen LogP contribution in [0, 0.1) is 17.6 Å². The van der Waals surface area contributed by atoms with E-state index in [9.17, 15) is 8.78 Å². The predicted octanol–water partition coefficient (Wildman–Crippen LogP) is 3.68. The van der Waals surface area contributed by atoms with Crippen LogP contribution in [0.4, 0.5) is 8.78 Å². The van der Waals surface area contributed by atoms with Crippen LogP contribution < -0.4 is 5.32 Å². The summed E-state index contributed by atoms with van der Waals surface area (Å²) in [5.41, 5.74) is 0.611. The van der Waals surface area contributed by atoms with Gasteiger partial charge in [0.05, 0.1) is 6.61 Å². The smallest absolute Gasteiger partial charge is 0.126 e. The molecule has 108 valence electrons. The molecule has 0 aliphatic rings. The molecule has 1 atom stereocenters. The maximum Gasteiger partial charge on any atom is 0.126 e. The second-order valence-corrected chi connectivity index (χ2v) is 5.17. The molecule has 0 bridgehead atoms. The summed E-state index contributed by atoms with van der Waals surface area (Å²) in [5, 5.41) is 3.18. The molecule has 0 amide bonds. The zero-order valence-electron chi connectivity index (χ0n) is 11.9. The lowest BCUT2D eigenvalue weighted by molar-refractivity contribution is 0.123. The highest BCUT2D eigenvalue weighted by molar-refractivity contribution is 5.20. The van der Waals surface area contributed by atoms with Gasteiger partial charge in [0.2, 0.25) is 0 Å². The monoisotopic (exact) mass is 271 g/mol. The van der Waals surface area contributed by atoms with Gasteiger partial charge in [0, 0.05) is 25.3 Å². The lowest BCUT2D eigenvalue weighted by Crippen LogP contribution is -2.23. The molecule has 1 unspecified atom stereocenters. The normalized spacial score (nSPS) is 12.9. The summed E-state index contributed by atoms with van der Waals surface area (Å²) in [6.45, 7) is 8.21. The Morgan fingerprint density at radius 1 is 1.05 bits per heavy atom. The Morgan fingerprint density at radius 2 is 1.68 bits per heavy atom. The lowest BCUT2D eigenvalue weighted by Gasteiger charge is -2.15. The Kier molecular flexibility index (Phi) is 6.95. The van der Waals surface area contributed by atoms with Crippen molar-refractivity contribution in [2.24, 2.45) is 5.92 Å². The second-order valence-electron chi connectivity index (χ2n) is 5.17. The van der Waals surface area contributed by atoms with Crippen LogP contribution in [0.3, 0.4) is 0 Å². The molecule has 0 radical (unpaired) electrons. The van der Waals surface area contributed by atoms with Crippen LogP contribution in [0.15, 0.2) is 18.2 Å². The van der Waals surface area contributed by atoms with Crippen molar-refractivity contribution in [2.75, 3.05) is 19.8 Å². The zero-order valence-corrected chi connectivity index (χ0v) is 11.9. The molecule has 0 saturated carbocycles. The standard InChI is InChI=1S/C15H23F2NO/c1-11(2)4-6-19-7-5-18-12(3)13-8-14(16)10-15(17)9-13/h8-12,18H,4-7H2,1-3H3. The third-order valence-corrected chi connectivity index (χ3v) is 2.92. The molecule has 4 heteroatoms. The molecule has 0 fully saturated rings. The molecule has 1 aromatic rings. The number of nitrogens with one attached hydrogen (secondary N) is 1. The summed E-state index contributed by atoms with van der Waals surface area (Å²) < 4.78 is 31.6. The third kappa shape index (κ3) is 6.64. The molecule has 1 aromatic carbocycles. The molecular formula is C15H23F2NO. The van der Waals surface area contributed by atoms with E-state index in [-0.39, 0.29) is 6.04 Å². The molecule has 0 aromatic heterocycles. The highest BCUT2D eigenvalue weighted by atomic mass is 19.1. The minimum absolute atomic E-state index is 0.0982. The maximum atomic E-state index is 13.1. The van der Waals surface area contributed by atoms with Gasteiger partial charge < -0.3 is 10.1 Å². The van der Waals surface area contributed by atoms with E-state index in [1.54, 1.807) is 0 Å². The minimum atomic E-state index is -0.545. The van der Waals surface area contributed by atoms with E-state index < -0.39 is 11.6 Å². The van der Waals surface area contributed by atoms with Crippen LogP contribution in [0.25, 0.3) is 0 Å². The van der Waals surface area contributed by atoms with Gasteiger partial charge in [-0.3, -0.25) is 0 Å². The average Bonchev–Trinajstić information content (AvgIpc) is 2.31. The van der Waals surface area contributed by atoms with E-state index in [0.29, 0.717) is 24.6 Å². The SMILES string of the molecule is CC(C)CCOCCNC(C)c1cc(F)cc(F)c1. The fourth-order valence-corrected chi connectivity index (χ4v) is 1.71. The van der Waals surface area contributed by atoms with Gasteiger partial charge in [-0.25, -0.2) is 8.78 Å². The molecule has 0 aliphatic heterocycles. The molecule has 0 heterocycles. The average molecular weight is 271 g/mol. The molecule has 19 heavy (non-hydrogen) atoms. The first kappa shape index (κ1) is 16.1. The first-order valence-corrected chi connectivity index (χ1v) is 6.76.